The normalized spacial score (nSPS) is 21.0. The van der Waals surface area contributed by atoms with Gasteiger partial charge in [0.05, 0.1) is 6.61 Å². The van der Waals surface area contributed by atoms with Crippen molar-refractivity contribution in [3.05, 3.63) is 60.8 Å². The third-order valence-electron chi connectivity index (χ3n) is 9.61. The molecule has 0 aromatic carbocycles. The van der Waals surface area contributed by atoms with E-state index in [-0.39, 0.29) is 19.4 Å². The number of unbranched alkanes of at least 4 members (excludes halogenated alkanes) is 13. The van der Waals surface area contributed by atoms with Gasteiger partial charge in [-0.1, -0.05) is 152 Å². The van der Waals surface area contributed by atoms with Crippen molar-refractivity contribution in [2.75, 3.05) is 19.0 Å². The Bertz CT molecular complexity index is 1310. The van der Waals surface area contributed by atoms with Gasteiger partial charge in [0, 0.05) is 12.8 Å². The van der Waals surface area contributed by atoms with Gasteiger partial charge in [-0.05, 0) is 51.4 Å². The van der Waals surface area contributed by atoms with Gasteiger partial charge in [0.2, 0.25) is 0 Å². The number of hydrogen-bond acceptors (Lipinski definition) is 11. The highest BCUT2D eigenvalue weighted by molar-refractivity contribution is 7.85. The summed E-state index contributed by atoms with van der Waals surface area (Å²) in [5.41, 5.74) is 0. The number of ether oxygens (including phenoxy) is 4. The number of carbonyl (C=O) groups excluding carboxylic acids is 2. The van der Waals surface area contributed by atoms with Crippen LogP contribution >= 0.6 is 0 Å². The lowest BCUT2D eigenvalue weighted by Gasteiger charge is -2.40. The van der Waals surface area contributed by atoms with Crippen molar-refractivity contribution < 1.29 is 56.8 Å². The standard InChI is InChI=1S/C45H76O12S/c1-3-5-7-9-11-13-15-17-18-19-20-22-23-25-27-29-31-33-40(46)54-35-38(36-55-45-44(50)43(49)42(48)39(57-45)37-58(51,52)53)56-41(47)34-32-30-28-26-24-21-16-14-12-10-8-6-4-2/h5,7,11,13,17-18,20,22,25,27,38-39,42-45,48-50H,3-4,6,8-10,12,14-16,19,21,23-24,26,28-37H2,1-2H3,(H,51,52,53)/b7-5+,13-11+,18-17+,22-20+,27-25+/t38-,39+,42+,43-,44+,45-/m0/s1. The zero-order valence-corrected chi connectivity index (χ0v) is 36.2. The molecule has 0 unspecified atom stereocenters. The van der Waals surface area contributed by atoms with Gasteiger partial charge in [0.15, 0.2) is 12.4 Å². The fraction of sp³-hybridized carbons (Fsp3) is 0.733. The van der Waals surface area contributed by atoms with Gasteiger partial charge in [-0.3, -0.25) is 14.1 Å². The highest BCUT2D eigenvalue weighted by Crippen LogP contribution is 2.24. The molecular weight excluding hydrogens is 765 g/mol. The van der Waals surface area contributed by atoms with Crippen molar-refractivity contribution in [1.29, 1.82) is 0 Å². The van der Waals surface area contributed by atoms with Crippen LogP contribution in [0.15, 0.2) is 60.8 Å². The Hall–Kier alpha value is -2.65. The predicted octanol–water partition coefficient (Wildman–Crippen LogP) is 8.56. The zero-order valence-electron chi connectivity index (χ0n) is 35.4. The maximum Gasteiger partial charge on any atom is 0.306 e. The van der Waals surface area contributed by atoms with E-state index in [0.29, 0.717) is 19.3 Å². The summed E-state index contributed by atoms with van der Waals surface area (Å²) in [5.74, 6) is -2.06. The highest BCUT2D eigenvalue weighted by Gasteiger charge is 2.46. The van der Waals surface area contributed by atoms with E-state index in [9.17, 15) is 37.9 Å². The van der Waals surface area contributed by atoms with Crippen molar-refractivity contribution in [1.82, 2.24) is 0 Å². The molecule has 1 heterocycles. The minimum Gasteiger partial charge on any atom is -0.462 e. The lowest BCUT2D eigenvalue weighted by atomic mass is 10.00. The molecule has 6 atom stereocenters. The number of aliphatic hydroxyl groups excluding tert-OH is 3. The summed E-state index contributed by atoms with van der Waals surface area (Å²) in [5, 5.41) is 30.8. The molecule has 1 fully saturated rings. The van der Waals surface area contributed by atoms with Crippen LogP contribution in [0.1, 0.15) is 155 Å². The summed E-state index contributed by atoms with van der Waals surface area (Å²) in [4.78, 5) is 25.3. The zero-order chi connectivity index (χ0) is 42.7. The number of carbonyl (C=O) groups is 2. The van der Waals surface area contributed by atoms with Crippen LogP contribution in [0.25, 0.3) is 0 Å². The first-order valence-corrected chi connectivity index (χ1v) is 23.5. The Morgan fingerprint density at radius 1 is 0.603 bits per heavy atom. The number of hydrogen-bond donors (Lipinski definition) is 4. The third kappa shape index (κ3) is 29.5. The summed E-state index contributed by atoms with van der Waals surface area (Å²) >= 11 is 0. The van der Waals surface area contributed by atoms with Crippen LogP contribution in [-0.4, -0.2) is 96.0 Å². The van der Waals surface area contributed by atoms with E-state index < -0.39 is 71.2 Å². The minimum absolute atomic E-state index is 0.140. The molecule has 0 radical (unpaired) electrons. The average molecular weight is 841 g/mol. The molecule has 334 valence electrons. The molecule has 1 saturated heterocycles. The van der Waals surface area contributed by atoms with Gasteiger partial charge in [-0.25, -0.2) is 0 Å². The Balaban J connectivity index is 2.51. The van der Waals surface area contributed by atoms with Crippen LogP contribution in [-0.2, 0) is 38.7 Å². The van der Waals surface area contributed by atoms with Crippen molar-refractivity contribution >= 4 is 22.1 Å². The fourth-order valence-electron chi connectivity index (χ4n) is 6.24. The van der Waals surface area contributed by atoms with E-state index in [1.807, 2.05) is 12.2 Å². The van der Waals surface area contributed by atoms with Crippen LogP contribution in [0.5, 0.6) is 0 Å². The fourth-order valence-corrected chi connectivity index (χ4v) is 6.93. The van der Waals surface area contributed by atoms with E-state index in [2.05, 4.69) is 62.5 Å². The average Bonchev–Trinajstić information content (AvgIpc) is 3.18. The lowest BCUT2D eigenvalue weighted by molar-refractivity contribution is -0.297. The van der Waals surface area contributed by atoms with Gasteiger partial charge in [0.25, 0.3) is 10.1 Å². The van der Waals surface area contributed by atoms with Crippen molar-refractivity contribution in [3.63, 3.8) is 0 Å². The van der Waals surface area contributed by atoms with Crippen molar-refractivity contribution in [3.8, 4) is 0 Å². The Kier molecular flexibility index (Phi) is 32.3. The van der Waals surface area contributed by atoms with Crippen LogP contribution < -0.4 is 0 Å². The largest absolute Gasteiger partial charge is 0.462 e. The first kappa shape index (κ1) is 53.4. The summed E-state index contributed by atoms with van der Waals surface area (Å²) in [7, 11) is -4.61. The van der Waals surface area contributed by atoms with Crippen LogP contribution in [0, 0.1) is 0 Å². The highest BCUT2D eigenvalue weighted by atomic mass is 32.2. The van der Waals surface area contributed by atoms with Gasteiger partial charge in [-0.2, -0.15) is 8.42 Å². The Morgan fingerprint density at radius 3 is 1.60 bits per heavy atom. The molecule has 4 N–H and O–H groups in total. The van der Waals surface area contributed by atoms with Crippen LogP contribution in [0.4, 0.5) is 0 Å². The molecule has 12 nitrogen and oxygen atoms in total. The lowest BCUT2D eigenvalue weighted by Crippen LogP contribution is -2.60. The van der Waals surface area contributed by atoms with Gasteiger partial charge >= 0.3 is 11.9 Å². The molecule has 0 bridgehead atoms. The van der Waals surface area contributed by atoms with E-state index in [1.54, 1.807) is 0 Å². The molecule has 1 rings (SSSR count). The number of rotatable bonds is 35. The second-order valence-corrected chi connectivity index (χ2v) is 16.5. The maximum absolute atomic E-state index is 12.8. The molecule has 1 aliphatic rings. The van der Waals surface area contributed by atoms with Gasteiger partial charge in [0.1, 0.15) is 36.8 Å². The molecule has 0 saturated carbocycles. The molecule has 0 aromatic heterocycles. The molecule has 0 aromatic rings. The Morgan fingerprint density at radius 2 is 1.09 bits per heavy atom. The molecule has 58 heavy (non-hydrogen) atoms. The van der Waals surface area contributed by atoms with Gasteiger partial charge < -0.3 is 34.3 Å². The molecule has 0 amide bonds. The predicted molar refractivity (Wildman–Crippen MR) is 229 cm³/mol. The minimum atomic E-state index is -4.61. The maximum atomic E-state index is 12.8. The summed E-state index contributed by atoms with van der Waals surface area (Å²) in [6, 6.07) is 0. The van der Waals surface area contributed by atoms with E-state index >= 15 is 0 Å². The van der Waals surface area contributed by atoms with Gasteiger partial charge in [-0.15, -0.1) is 0 Å². The van der Waals surface area contributed by atoms with Crippen LogP contribution in [0.2, 0.25) is 0 Å². The summed E-state index contributed by atoms with van der Waals surface area (Å²) in [6.45, 7) is 3.58. The second-order valence-electron chi connectivity index (χ2n) is 15.0. The quantitative estimate of drug-likeness (QED) is 0.0207. The van der Waals surface area contributed by atoms with E-state index in [0.717, 1.165) is 51.4 Å². The monoisotopic (exact) mass is 841 g/mol. The number of allylic oxidation sites excluding steroid dienone is 10. The molecular formula is C45H76O12S. The molecule has 1 aliphatic heterocycles. The molecule has 0 spiro atoms. The topological polar surface area (TPSA) is 186 Å². The first-order valence-electron chi connectivity index (χ1n) is 21.8. The molecule has 13 heteroatoms. The van der Waals surface area contributed by atoms with E-state index in [4.69, 9.17) is 18.9 Å². The van der Waals surface area contributed by atoms with Crippen molar-refractivity contribution in [2.45, 2.75) is 192 Å². The number of aliphatic hydroxyl groups is 3. The summed E-state index contributed by atoms with van der Waals surface area (Å²) < 4.78 is 53.9. The SMILES string of the molecule is CC/C=C/C/C=C/C/C=C/C/C=C/C/C=C/CCCC(=O)OC[C@@H](CO[C@H]1O[C@H](CS(=O)(=O)O)[C@@H](O)[C@H](O)[C@H]1O)OC(=O)CCCCCCCCCCCCCCC. The first-order chi connectivity index (χ1) is 28.0. The number of esters is 2. The van der Waals surface area contributed by atoms with Crippen molar-refractivity contribution in [2.24, 2.45) is 0 Å². The molecule has 0 aliphatic carbocycles. The smallest absolute Gasteiger partial charge is 0.306 e. The second kappa shape index (κ2) is 35.1. The Labute approximate surface area is 349 Å². The van der Waals surface area contributed by atoms with Crippen LogP contribution in [0.3, 0.4) is 0 Å². The third-order valence-corrected chi connectivity index (χ3v) is 10.4. The summed E-state index contributed by atoms with van der Waals surface area (Å²) in [6.07, 6.45) is 32.7. The van der Waals surface area contributed by atoms with E-state index in [1.165, 1.54) is 57.8 Å².